The first-order chi connectivity index (χ1) is 15.7. The summed E-state index contributed by atoms with van der Waals surface area (Å²) < 4.78 is 38.6. The molecule has 3 aromatic rings. The molecule has 1 aliphatic rings. The van der Waals surface area contributed by atoms with Gasteiger partial charge in [0.05, 0.1) is 11.1 Å². The van der Waals surface area contributed by atoms with E-state index in [1.165, 1.54) is 12.1 Å². The lowest BCUT2D eigenvalue weighted by Crippen LogP contribution is -2.49. The zero-order valence-corrected chi connectivity index (χ0v) is 18.4. The van der Waals surface area contributed by atoms with E-state index in [-0.39, 0.29) is 5.91 Å². The molecular weight excluding hydrogens is 429 g/mol. The smallest absolute Gasteiger partial charge is 0.354 e. The van der Waals surface area contributed by atoms with Crippen molar-refractivity contribution in [3.63, 3.8) is 0 Å². The molecule has 8 heteroatoms. The van der Waals surface area contributed by atoms with Crippen molar-refractivity contribution in [2.45, 2.75) is 26.1 Å². The third kappa shape index (κ3) is 5.17. The molecule has 2 heterocycles. The van der Waals surface area contributed by atoms with Crippen LogP contribution in [0.3, 0.4) is 0 Å². The third-order valence-corrected chi connectivity index (χ3v) is 5.81. The summed E-state index contributed by atoms with van der Waals surface area (Å²) in [6.07, 6.45) is -2.82. The van der Waals surface area contributed by atoms with Crippen LogP contribution in [0.15, 0.2) is 60.8 Å². The predicted molar refractivity (Wildman–Crippen MR) is 123 cm³/mol. The maximum atomic E-state index is 12.9. The van der Waals surface area contributed by atoms with Crippen molar-refractivity contribution in [2.75, 3.05) is 29.9 Å². The molecule has 172 valence electrons. The summed E-state index contributed by atoms with van der Waals surface area (Å²) in [5, 5.41) is 6.28. The number of benzene rings is 2. The molecule has 0 spiro atoms. The maximum absolute atomic E-state index is 12.9. The van der Waals surface area contributed by atoms with E-state index < -0.39 is 11.7 Å². The number of piperazine rings is 1. The van der Waals surface area contributed by atoms with E-state index in [1.807, 2.05) is 19.1 Å². The van der Waals surface area contributed by atoms with E-state index in [0.29, 0.717) is 22.9 Å². The van der Waals surface area contributed by atoms with Gasteiger partial charge >= 0.3 is 6.18 Å². The zero-order valence-electron chi connectivity index (χ0n) is 18.4. The van der Waals surface area contributed by atoms with Crippen LogP contribution in [0.1, 0.15) is 28.4 Å². The normalized spacial score (nSPS) is 16.5. The van der Waals surface area contributed by atoms with E-state index in [0.717, 1.165) is 48.7 Å². The second kappa shape index (κ2) is 9.23. The summed E-state index contributed by atoms with van der Waals surface area (Å²) in [6, 6.07) is 14.3. The van der Waals surface area contributed by atoms with Gasteiger partial charge in [0.15, 0.2) is 0 Å². The summed E-state index contributed by atoms with van der Waals surface area (Å²) in [4.78, 5) is 19.5. The molecule has 0 aliphatic carbocycles. The molecular formula is C25H25F3N4O. The molecule has 33 heavy (non-hydrogen) atoms. The Morgan fingerprint density at radius 2 is 1.88 bits per heavy atom. The van der Waals surface area contributed by atoms with E-state index >= 15 is 0 Å². The Morgan fingerprint density at radius 3 is 2.52 bits per heavy atom. The highest BCUT2D eigenvalue weighted by molar-refractivity contribution is 6.05. The Balaban J connectivity index is 1.49. The number of nitrogens with one attached hydrogen (secondary N) is 2. The lowest BCUT2D eigenvalue weighted by atomic mass is 9.98. The number of carbonyl (C=O) groups is 1. The molecule has 1 atom stereocenters. The Bertz CT molecular complexity index is 1130. The first kappa shape index (κ1) is 22.8. The molecule has 0 radical (unpaired) electrons. The highest BCUT2D eigenvalue weighted by Crippen LogP contribution is 2.33. The minimum absolute atomic E-state index is 0.296. The molecule has 2 N–H and O–H groups in total. The van der Waals surface area contributed by atoms with Crippen LogP contribution in [0.2, 0.25) is 0 Å². The van der Waals surface area contributed by atoms with Crippen molar-refractivity contribution in [2.24, 2.45) is 0 Å². The van der Waals surface area contributed by atoms with Crippen LogP contribution in [0.4, 0.5) is 24.7 Å². The zero-order chi connectivity index (χ0) is 23.6. The number of carbonyl (C=O) groups excluding carboxylic acids is 1. The molecule has 0 saturated carbocycles. The fourth-order valence-electron chi connectivity index (χ4n) is 3.96. The second-order valence-electron chi connectivity index (χ2n) is 8.21. The molecule has 0 bridgehead atoms. The highest BCUT2D eigenvalue weighted by atomic mass is 19.4. The largest absolute Gasteiger partial charge is 0.416 e. The van der Waals surface area contributed by atoms with Gasteiger partial charge in [-0.25, -0.2) is 4.98 Å². The maximum Gasteiger partial charge on any atom is 0.416 e. The highest BCUT2D eigenvalue weighted by Gasteiger charge is 2.30. The van der Waals surface area contributed by atoms with Crippen molar-refractivity contribution >= 4 is 17.4 Å². The quantitative estimate of drug-likeness (QED) is 0.574. The number of alkyl halides is 3. The topological polar surface area (TPSA) is 57.3 Å². The minimum Gasteiger partial charge on any atom is -0.354 e. The number of hydrogen-bond donors (Lipinski definition) is 2. The van der Waals surface area contributed by atoms with Crippen LogP contribution in [0.5, 0.6) is 0 Å². The van der Waals surface area contributed by atoms with Crippen LogP contribution in [0.25, 0.3) is 11.1 Å². The molecule has 1 aliphatic heterocycles. The number of amides is 1. The van der Waals surface area contributed by atoms with Crippen molar-refractivity contribution in [3.8, 4) is 11.1 Å². The molecule has 1 aromatic heterocycles. The average Bonchev–Trinajstić information content (AvgIpc) is 2.80. The average molecular weight is 454 g/mol. The Morgan fingerprint density at radius 1 is 1.12 bits per heavy atom. The van der Waals surface area contributed by atoms with Crippen LogP contribution < -0.4 is 15.5 Å². The van der Waals surface area contributed by atoms with Gasteiger partial charge in [-0.15, -0.1) is 0 Å². The van der Waals surface area contributed by atoms with Gasteiger partial charge in [0.25, 0.3) is 5.91 Å². The first-order valence-electron chi connectivity index (χ1n) is 10.8. The van der Waals surface area contributed by atoms with Gasteiger partial charge in [-0.2, -0.15) is 13.2 Å². The summed E-state index contributed by atoms with van der Waals surface area (Å²) in [7, 11) is 0. The summed E-state index contributed by atoms with van der Waals surface area (Å²) >= 11 is 0. The van der Waals surface area contributed by atoms with E-state index in [2.05, 4.69) is 27.4 Å². The summed E-state index contributed by atoms with van der Waals surface area (Å²) in [6.45, 7) is 6.55. The van der Waals surface area contributed by atoms with Crippen LogP contribution in [-0.4, -0.2) is 36.6 Å². The fraction of sp³-hybridized carbons (Fsp3) is 0.280. The van der Waals surface area contributed by atoms with Crippen LogP contribution in [0, 0.1) is 6.92 Å². The van der Waals surface area contributed by atoms with Crippen LogP contribution in [-0.2, 0) is 6.18 Å². The summed E-state index contributed by atoms with van der Waals surface area (Å²) in [5.74, 6) is 0.538. The monoisotopic (exact) mass is 454 g/mol. The second-order valence-corrected chi connectivity index (χ2v) is 8.21. The molecule has 1 fully saturated rings. The predicted octanol–water partition coefficient (Wildman–Crippen LogP) is 5.13. The lowest BCUT2D eigenvalue weighted by molar-refractivity contribution is -0.137. The molecule has 0 unspecified atom stereocenters. The Kier molecular flexibility index (Phi) is 6.37. The first-order valence-corrected chi connectivity index (χ1v) is 10.8. The number of rotatable bonds is 4. The van der Waals surface area contributed by atoms with E-state index in [9.17, 15) is 18.0 Å². The van der Waals surface area contributed by atoms with Gasteiger partial charge in [-0.3, -0.25) is 4.79 Å². The summed E-state index contributed by atoms with van der Waals surface area (Å²) in [5.41, 5.74) is 2.50. The molecule has 5 nitrogen and oxygen atoms in total. The number of anilines is 2. The van der Waals surface area contributed by atoms with Gasteiger partial charge in [0.2, 0.25) is 0 Å². The fourth-order valence-corrected chi connectivity index (χ4v) is 3.96. The number of nitrogens with zero attached hydrogens (tertiary/aromatic N) is 2. The SMILES string of the molecule is Cc1c(NC(=O)c2ccc(N3CCN[C@H](C)C3)nc2)cccc1-c1ccc(C(F)(F)F)cc1. The molecule has 1 saturated heterocycles. The van der Waals surface area contributed by atoms with Crippen LogP contribution >= 0.6 is 0 Å². The third-order valence-electron chi connectivity index (χ3n) is 5.81. The van der Waals surface area contributed by atoms with Crippen molar-refractivity contribution in [3.05, 3.63) is 77.5 Å². The number of hydrogen-bond acceptors (Lipinski definition) is 4. The van der Waals surface area contributed by atoms with Gasteiger partial charge in [0, 0.05) is 37.6 Å². The van der Waals surface area contributed by atoms with Crippen molar-refractivity contribution < 1.29 is 18.0 Å². The van der Waals surface area contributed by atoms with Crippen molar-refractivity contribution in [1.82, 2.24) is 10.3 Å². The van der Waals surface area contributed by atoms with E-state index in [1.54, 1.807) is 24.4 Å². The van der Waals surface area contributed by atoms with Gasteiger partial charge < -0.3 is 15.5 Å². The van der Waals surface area contributed by atoms with Gasteiger partial charge in [-0.1, -0.05) is 24.3 Å². The number of halogens is 3. The van der Waals surface area contributed by atoms with E-state index in [4.69, 9.17) is 0 Å². The molecule has 2 aromatic carbocycles. The number of pyridine rings is 1. The standard InChI is InChI=1S/C25H25F3N4O/c1-16-15-32(13-12-29-16)23-11-8-19(14-30-23)24(33)31-22-5-3-4-21(17(22)2)18-6-9-20(10-7-18)25(26,27)28/h3-11,14,16,29H,12-13,15H2,1-2H3,(H,31,33)/t16-/m1/s1. The minimum atomic E-state index is -4.38. The Labute approximate surface area is 190 Å². The Hall–Kier alpha value is -3.39. The van der Waals surface area contributed by atoms with Gasteiger partial charge in [-0.05, 0) is 60.9 Å². The van der Waals surface area contributed by atoms with Crippen molar-refractivity contribution in [1.29, 1.82) is 0 Å². The number of aromatic nitrogens is 1. The lowest BCUT2D eigenvalue weighted by Gasteiger charge is -2.32. The molecule has 4 rings (SSSR count). The molecule has 1 amide bonds. The van der Waals surface area contributed by atoms with Gasteiger partial charge in [0.1, 0.15) is 5.82 Å².